The Hall–Kier alpha value is -1.25. The number of ether oxygens (including phenoxy) is 1. The molecule has 1 N–H and O–H groups in total. The van der Waals surface area contributed by atoms with E-state index in [-0.39, 0.29) is 5.57 Å². The van der Waals surface area contributed by atoms with Crippen LogP contribution in [0.25, 0.3) is 0 Å². The number of esters is 1. The minimum absolute atomic E-state index is 0.387. The monoisotopic (exact) mass is 308 g/mol. The first-order valence-corrected chi connectivity index (χ1v) is 5.38. The Bertz CT molecular complexity index is 369. The maximum atomic E-state index is 12.7. The fourth-order valence-electron chi connectivity index (χ4n) is 1.40. The SMILES string of the molecule is C=C(C)C(=O)OC(C(C)C)C(O)(C(F)(F)F)C(F)(F)F. The highest BCUT2D eigenvalue weighted by Gasteiger charge is 2.75. The number of halogens is 6. The second-order valence-corrected chi connectivity index (χ2v) is 4.61. The van der Waals surface area contributed by atoms with Gasteiger partial charge in [0.25, 0.3) is 5.60 Å². The quantitative estimate of drug-likeness (QED) is 0.493. The van der Waals surface area contributed by atoms with Gasteiger partial charge in [-0.1, -0.05) is 20.4 Å². The highest BCUT2D eigenvalue weighted by molar-refractivity contribution is 5.87. The minimum atomic E-state index is -6.06. The van der Waals surface area contributed by atoms with Crippen LogP contribution in [0.4, 0.5) is 26.3 Å². The van der Waals surface area contributed by atoms with Gasteiger partial charge >= 0.3 is 18.3 Å². The molecule has 0 aliphatic heterocycles. The van der Waals surface area contributed by atoms with E-state index in [2.05, 4.69) is 11.3 Å². The van der Waals surface area contributed by atoms with Gasteiger partial charge in [-0.05, 0) is 12.8 Å². The Morgan fingerprint density at radius 3 is 1.65 bits per heavy atom. The van der Waals surface area contributed by atoms with E-state index in [0.717, 1.165) is 20.8 Å². The Morgan fingerprint density at radius 1 is 1.10 bits per heavy atom. The molecular weight excluding hydrogens is 294 g/mol. The first-order chi connectivity index (χ1) is 8.66. The number of carbonyl (C=O) groups excluding carboxylic acids is 1. The molecule has 9 heteroatoms. The van der Waals surface area contributed by atoms with Crippen LogP contribution in [0.5, 0.6) is 0 Å². The number of hydrogen-bond acceptors (Lipinski definition) is 3. The molecule has 0 rings (SSSR count). The summed E-state index contributed by atoms with van der Waals surface area (Å²) >= 11 is 0. The van der Waals surface area contributed by atoms with Gasteiger partial charge in [0.05, 0.1) is 0 Å². The number of carbonyl (C=O) groups is 1. The average molecular weight is 308 g/mol. The third kappa shape index (κ3) is 3.44. The molecule has 0 radical (unpaired) electrons. The van der Waals surface area contributed by atoms with Crippen LogP contribution >= 0.6 is 0 Å². The van der Waals surface area contributed by atoms with Crippen LogP contribution in [0.2, 0.25) is 0 Å². The number of alkyl halides is 6. The highest BCUT2D eigenvalue weighted by Crippen LogP contribution is 2.47. The van der Waals surface area contributed by atoms with Crippen molar-refractivity contribution in [3.05, 3.63) is 12.2 Å². The fraction of sp³-hybridized carbons (Fsp3) is 0.727. The van der Waals surface area contributed by atoms with Crippen molar-refractivity contribution >= 4 is 5.97 Å². The van der Waals surface area contributed by atoms with Gasteiger partial charge in [-0.15, -0.1) is 0 Å². The second kappa shape index (κ2) is 5.63. The van der Waals surface area contributed by atoms with Gasteiger partial charge in [0, 0.05) is 5.57 Å². The molecule has 3 nitrogen and oxygen atoms in total. The maximum absolute atomic E-state index is 12.7. The smallest absolute Gasteiger partial charge is 0.430 e. The molecule has 0 spiro atoms. The summed E-state index contributed by atoms with van der Waals surface area (Å²) in [6.45, 7) is 6.03. The summed E-state index contributed by atoms with van der Waals surface area (Å²) in [7, 11) is 0. The van der Waals surface area contributed by atoms with E-state index >= 15 is 0 Å². The molecule has 0 heterocycles. The zero-order valence-electron chi connectivity index (χ0n) is 10.9. The number of aliphatic hydroxyl groups is 1. The van der Waals surface area contributed by atoms with Crippen LogP contribution < -0.4 is 0 Å². The summed E-state index contributed by atoms with van der Waals surface area (Å²) in [6.07, 6.45) is -15.0. The van der Waals surface area contributed by atoms with Gasteiger partial charge in [-0.25, -0.2) is 4.79 Å². The lowest BCUT2D eigenvalue weighted by molar-refractivity contribution is -0.394. The van der Waals surface area contributed by atoms with Gasteiger partial charge in [-0.3, -0.25) is 0 Å². The van der Waals surface area contributed by atoms with Gasteiger partial charge in [0.1, 0.15) is 0 Å². The molecule has 0 aromatic heterocycles. The molecule has 0 aromatic carbocycles. The summed E-state index contributed by atoms with van der Waals surface area (Å²) in [5, 5.41) is 9.19. The molecule has 1 unspecified atom stereocenters. The molecule has 1 atom stereocenters. The standard InChI is InChI=1S/C11H14F6O3/c1-5(2)7(20-8(18)6(3)4)9(19,10(12,13)14)11(15,16)17/h5,7,19H,3H2,1-2,4H3. The number of hydrogen-bond donors (Lipinski definition) is 1. The van der Waals surface area contributed by atoms with E-state index < -0.39 is 35.9 Å². The Kier molecular flexibility index (Phi) is 5.28. The van der Waals surface area contributed by atoms with E-state index in [4.69, 9.17) is 0 Å². The van der Waals surface area contributed by atoms with Crippen LogP contribution in [0.15, 0.2) is 12.2 Å². The van der Waals surface area contributed by atoms with Crippen LogP contribution in [0.1, 0.15) is 20.8 Å². The Labute approximate surface area is 111 Å². The molecule has 0 aliphatic rings. The van der Waals surface area contributed by atoms with Gasteiger partial charge < -0.3 is 9.84 Å². The minimum Gasteiger partial charge on any atom is -0.455 e. The largest absolute Gasteiger partial charge is 0.455 e. The van der Waals surface area contributed by atoms with Crippen LogP contribution in [0.3, 0.4) is 0 Å². The Morgan fingerprint density at radius 2 is 1.45 bits per heavy atom. The van der Waals surface area contributed by atoms with Crippen molar-refractivity contribution in [3.8, 4) is 0 Å². The van der Waals surface area contributed by atoms with Crippen molar-refractivity contribution in [2.45, 2.75) is 44.8 Å². The molecule has 118 valence electrons. The highest BCUT2D eigenvalue weighted by atomic mass is 19.4. The lowest BCUT2D eigenvalue weighted by Crippen LogP contribution is -2.66. The first-order valence-electron chi connectivity index (χ1n) is 5.38. The van der Waals surface area contributed by atoms with Crippen molar-refractivity contribution in [1.29, 1.82) is 0 Å². The third-order valence-corrected chi connectivity index (χ3v) is 2.46. The average Bonchev–Trinajstić information content (AvgIpc) is 2.20. The lowest BCUT2D eigenvalue weighted by atomic mass is 9.87. The van der Waals surface area contributed by atoms with Gasteiger partial charge in [0.15, 0.2) is 6.10 Å². The fourth-order valence-corrected chi connectivity index (χ4v) is 1.40. The molecule has 0 bridgehead atoms. The van der Waals surface area contributed by atoms with E-state index in [1.54, 1.807) is 0 Å². The zero-order valence-corrected chi connectivity index (χ0v) is 10.9. The van der Waals surface area contributed by atoms with Gasteiger partial charge in [0.2, 0.25) is 0 Å². The predicted octanol–water partition coefficient (Wildman–Crippen LogP) is 2.99. The summed E-state index contributed by atoms with van der Waals surface area (Å²) in [5.41, 5.74) is -5.54. The molecular formula is C11H14F6O3. The summed E-state index contributed by atoms with van der Waals surface area (Å²) in [4.78, 5) is 11.2. The molecule has 0 aromatic rings. The molecule has 20 heavy (non-hydrogen) atoms. The summed E-state index contributed by atoms with van der Waals surface area (Å²) < 4.78 is 80.2. The van der Waals surface area contributed by atoms with E-state index in [1.165, 1.54) is 0 Å². The lowest BCUT2D eigenvalue weighted by Gasteiger charge is -2.39. The predicted molar refractivity (Wildman–Crippen MR) is 56.6 cm³/mol. The van der Waals surface area contributed by atoms with Crippen molar-refractivity contribution in [1.82, 2.24) is 0 Å². The van der Waals surface area contributed by atoms with Crippen molar-refractivity contribution in [3.63, 3.8) is 0 Å². The van der Waals surface area contributed by atoms with Crippen LogP contribution in [-0.2, 0) is 9.53 Å². The van der Waals surface area contributed by atoms with Crippen LogP contribution in [0, 0.1) is 5.92 Å². The molecule has 0 amide bonds. The van der Waals surface area contributed by atoms with Gasteiger partial charge in [-0.2, -0.15) is 26.3 Å². The zero-order chi connectivity index (χ0) is 16.5. The summed E-state index contributed by atoms with van der Waals surface area (Å²) in [6, 6.07) is 0. The topological polar surface area (TPSA) is 46.5 Å². The Balaban J connectivity index is 5.83. The first kappa shape index (κ1) is 18.8. The molecule has 0 fully saturated rings. The molecule has 0 saturated carbocycles. The van der Waals surface area contributed by atoms with Crippen molar-refractivity contribution < 1.29 is 41.0 Å². The second-order valence-electron chi connectivity index (χ2n) is 4.61. The van der Waals surface area contributed by atoms with Crippen molar-refractivity contribution in [2.75, 3.05) is 0 Å². The maximum Gasteiger partial charge on any atom is 0.430 e. The van der Waals surface area contributed by atoms with Crippen molar-refractivity contribution in [2.24, 2.45) is 5.92 Å². The number of rotatable bonds is 4. The van der Waals surface area contributed by atoms with E-state index in [1.807, 2.05) is 0 Å². The normalized spacial score (nSPS) is 15.2. The molecule has 0 saturated heterocycles. The third-order valence-electron chi connectivity index (χ3n) is 2.46. The molecule has 0 aliphatic carbocycles. The van der Waals surface area contributed by atoms with Crippen LogP contribution in [-0.4, -0.2) is 35.1 Å². The van der Waals surface area contributed by atoms with E-state index in [0.29, 0.717) is 0 Å². The van der Waals surface area contributed by atoms with E-state index in [9.17, 15) is 36.2 Å². The summed E-state index contributed by atoms with van der Waals surface area (Å²) in [5.74, 6) is -2.89.